The molecule has 148 valence electrons. The van der Waals surface area contributed by atoms with E-state index in [1.165, 1.54) is 10.4 Å². The van der Waals surface area contributed by atoms with Crippen LogP contribution in [-0.2, 0) is 6.54 Å². The maximum absolute atomic E-state index is 4.84. The highest BCUT2D eigenvalue weighted by atomic mass is 32.1. The number of rotatable bonds is 5. The van der Waals surface area contributed by atoms with Crippen LogP contribution in [0.25, 0.3) is 11.3 Å². The lowest BCUT2D eigenvalue weighted by Gasteiger charge is -2.40. The molecule has 1 atom stereocenters. The smallest absolute Gasteiger partial charge is 0.245 e. The minimum absolute atomic E-state index is 0.281. The fraction of sp³-hybridized carbons (Fsp3) is 0.300. The van der Waals surface area contributed by atoms with Crippen LogP contribution in [0.4, 0.5) is 11.6 Å². The first kappa shape index (κ1) is 18.0. The molecule has 0 bridgehead atoms. The molecule has 1 aliphatic rings. The number of benzene rings is 1. The van der Waals surface area contributed by atoms with E-state index in [-0.39, 0.29) is 6.04 Å². The summed E-state index contributed by atoms with van der Waals surface area (Å²) in [5.74, 6) is 1.50. The van der Waals surface area contributed by atoms with Gasteiger partial charge in [-0.2, -0.15) is 0 Å². The van der Waals surface area contributed by atoms with E-state index in [1.54, 1.807) is 11.3 Å². The van der Waals surface area contributed by atoms with Gasteiger partial charge in [-0.25, -0.2) is 14.6 Å². The molecule has 8 nitrogen and oxygen atoms in total. The number of hydrogen-bond donors (Lipinski definition) is 1. The normalized spacial score (nSPS) is 17.7. The van der Waals surface area contributed by atoms with E-state index in [9.17, 15) is 0 Å². The molecule has 4 aromatic rings. The van der Waals surface area contributed by atoms with Crippen LogP contribution in [0.15, 0.2) is 52.5 Å². The molecule has 0 saturated carbocycles. The molecule has 0 aliphatic carbocycles. The summed E-state index contributed by atoms with van der Waals surface area (Å²) in [5, 5.41) is 13.3. The van der Waals surface area contributed by atoms with Crippen molar-refractivity contribution in [2.75, 3.05) is 36.9 Å². The van der Waals surface area contributed by atoms with Crippen LogP contribution in [0.1, 0.15) is 16.5 Å². The Kier molecular flexibility index (Phi) is 4.82. The quantitative estimate of drug-likeness (QED) is 0.540. The standard InChI is InChI=1S/C20H21N7OS/c1-26-9-10-27(13-16(26)14-6-3-2-4-7-14)20-19(21-12-15-8-5-11-29-15)22-17-18(23-20)25-28-24-17/h2-8,11,16H,9-10,12-13H2,1H3,(H,21,22,24)/t16-/m0/s1. The van der Waals surface area contributed by atoms with E-state index < -0.39 is 0 Å². The number of hydrogen-bond acceptors (Lipinski definition) is 9. The van der Waals surface area contributed by atoms with Crippen molar-refractivity contribution in [3.8, 4) is 0 Å². The fourth-order valence-corrected chi connectivity index (χ4v) is 4.30. The molecule has 0 radical (unpaired) electrons. The molecule has 3 aromatic heterocycles. The van der Waals surface area contributed by atoms with Crippen LogP contribution in [-0.4, -0.2) is 51.9 Å². The van der Waals surface area contributed by atoms with E-state index >= 15 is 0 Å². The van der Waals surface area contributed by atoms with Gasteiger partial charge in [0.2, 0.25) is 11.3 Å². The first-order valence-corrected chi connectivity index (χ1v) is 10.4. The molecule has 1 N–H and O–H groups in total. The lowest BCUT2D eigenvalue weighted by Crippen LogP contribution is -2.47. The van der Waals surface area contributed by atoms with Crippen molar-refractivity contribution in [3.63, 3.8) is 0 Å². The van der Waals surface area contributed by atoms with Crippen LogP contribution in [0.5, 0.6) is 0 Å². The van der Waals surface area contributed by atoms with Gasteiger partial charge in [0.15, 0.2) is 11.6 Å². The number of anilines is 2. The first-order valence-electron chi connectivity index (χ1n) is 9.54. The molecule has 1 aliphatic heterocycles. The molecule has 0 unspecified atom stereocenters. The molecule has 29 heavy (non-hydrogen) atoms. The highest BCUT2D eigenvalue weighted by molar-refractivity contribution is 7.09. The van der Waals surface area contributed by atoms with Gasteiger partial charge in [-0.15, -0.1) is 11.3 Å². The van der Waals surface area contributed by atoms with Gasteiger partial charge in [0, 0.05) is 24.5 Å². The number of nitrogens with one attached hydrogen (secondary N) is 1. The minimum Gasteiger partial charge on any atom is -0.362 e. The van der Waals surface area contributed by atoms with Crippen LogP contribution in [0, 0.1) is 0 Å². The molecule has 4 heterocycles. The Hall–Kier alpha value is -3.04. The van der Waals surface area contributed by atoms with Gasteiger partial charge < -0.3 is 10.2 Å². The van der Waals surface area contributed by atoms with E-state index in [0.29, 0.717) is 23.7 Å². The maximum Gasteiger partial charge on any atom is 0.245 e. The van der Waals surface area contributed by atoms with Crippen molar-refractivity contribution < 1.29 is 4.63 Å². The van der Waals surface area contributed by atoms with Gasteiger partial charge >= 0.3 is 0 Å². The van der Waals surface area contributed by atoms with E-state index in [2.05, 4.69) is 73.2 Å². The van der Waals surface area contributed by atoms with Crippen molar-refractivity contribution in [3.05, 3.63) is 58.3 Å². The summed E-state index contributed by atoms with van der Waals surface area (Å²) in [5.41, 5.74) is 2.14. The number of piperazine rings is 1. The Labute approximate surface area is 172 Å². The molecule has 0 spiro atoms. The van der Waals surface area contributed by atoms with Crippen LogP contribution in [0.3, 0.4) is 0 Å². The molecule has 5 rings (SSSR count). The number of likely N-dealkylation sites (N-methyl/N-ethyl adjacent to an activating group) is 1. The molecule has 1 saturated heterocycles. The zero-order valence-electron chi connectivity index (χ0n) is 16.0. The fourth-order valence-electron chi connectivity index (χ4n) is 3.65. The van der Waals surface area contributed by atoms with Gasteiger partial charge in [-0.05, 0) is 34.4 Å². The maximum atomic E-state index is 4.84. The third-order valence-corrected chi connectivity index (χ3v) is 6.11. The third-order valence-electron chi connectivity index (χ3n) is 5.24. The second-order valence-electron chi connectivity index (χ2n) is 7.09. The van der Waals surface area contributed by atoms with Crippen molar-refractivity contribution >= 4 is 34.3 Å². The van der Waals surface area contributed by atoms with Gasteiger partial charge in [0.05, 0.1) is 12.6 Å². The summed E-state index contributed by atoms with van der Waals surface area (Å²) in [4.78, 5) is 15.3. The minimum atomic E-state index is 0.281. The molecule has 0 amide bonds. The summed E-state index contributed by atoms with van der Waals surface area (Å²) in [7, 11) is 2.17. The largest absolute Gasteiger partial charge is 0.362 e. The summed E-state index contributed by atoms with van der Waals surface area (Å²) in [6.45, 7) is 3.30. The molecular weight excluding hydrogens is 386 g/mol. The SMILES string of the molecule is CN1CCN(c2nc3nonc3nc2NCc2cccs2)C[C@H]1c1ccccc1. The lowest BCUT2D eigenvalue weighted by molar-refractivity contribution is 0.220. The Balaban J connectivity index is 1.46. The number of thiophene rings is 1. The van der Waals surface area contributed by atoms with E-state index in [1.807, 2.05) is 12.1 Å². The predicted molar refractivity (Wildman–Crippen MR) is 113 cm³/mol. The molecule has 1 fully saturated rings. The van der Waals surface area contributed by atoms with Crippen molar-refractivity contribution in [2.24, 2.45) is 0 Å². The molecule has 9 heteroatoms. The topological polar surface area (TPSA) is 83.2 Å². The van der Waals surface area contributed by atoms with Crippen LogP contribution >= 0.6 is 11.3 Å². The monoisotopic (exact) mass is 407 g/mol. The lowest BCUT2D eigenvalue weighted by atomic mass is 10.0. The summed E-state index contributed by atoms with van der Waals surface area (Å²) >= 11 is 1.71. The Morgan fingerprint density at radius 2 is 1.90 bits per heavy atom. The second-order valence-corrected chi connectivity index (χ2v) is 8.13. The Morgan fingerprint density at radius 1 is 1.07 bits per heavy atom. The number of fused-ring (bicyclic) bond motifs is 1. The van der Waals surface area contributed by atoms with E-state index in [0.717, 1.165) is 25.5 Å². The summed E-state index contributed by atoms with van der Waals surface area (Å²) in [6.07, 6.45) is 0. The highest BCUT2D eigenvalue weighted by Gasteiger charge is 2.29. The Morgan fingerprint density at radius 3 is 2.69 bits per heavy atom. The highest BCUT2D eigenvalue weighted by Crippen LogP contribution is 2.31. The zero-order chi connectivity index (χ0) is 19.6. The van der Waals surface area contributed by atoms with Crippen LogP contribution < -0.4 is 10.2 Å². The van der Waals surface area contributed by atoms with Gasteiger partial charge in [0.25, 0.3) is 0 Å². The van der Waals surface area contributed by atoms with Crippen molar-refractivity contribution in [1.82, 2.24) is 25.2 Å². The third kappa shape index (κ3) is 3.66. The molecule has 1 aromatic carbocycles. The summed E-state index contributed by atoms with van der Waals surface area (Å²) in [6, 6.07) is 15.0. The number of nitrogens with zero attached hydrogens (tertiary/aromatic N) is 6. The Bertz CT molecular complexity index is 1080. The van der Waals surface area contributed by atoms with Gasteiger partial charge in [-0.1, -0.05) is 36.4 Å². The van der Waals surface area contributed by atoms with Crippen molar-refractivity contribution in [2.45, 2.75) is 12.6 Å². The average molecular weight is 408 g/mol. The summed E-state index contributed by atoms with van der Waals surface area (Å²) < 4.78 is 4.84. The van der Waals surface area contributed by atoms with E-state index in [4.69, 9.17) is 9.61 Å². The average Bonchev–Trinajstić information content (AvgIpc) is 3.44. The van der Waals surface area contributed by atoms with Gasteiger partial charge in [0.1, 0.15) is 0 Å². The molecular formula is C20H21N7OS. The van der Waals surface area contributed by atoms with Crippen LogP contribution in [0.2, 0.25) is 0 Å². The van der Waals surface area contributed by atoms with Crippen molar-refractivity contribution in [1.29, 1.82) is 0 Å². The van der Waals surface area contributed by atoms with Gasteiger partial charge in [-0.3, -0.25) is 4.90 Å². The predicted octanol–water partition coefficient (Wildman–Crippen LogP) is 3.18. The second kappa shape index (κ2) is 7.76. The number of aromatic nitrogens is 4. The zero-order valence-corrected chi connectivity index (χ0v) is 16.8. The first-order chi connectivity index (χ1) is 14.3.